The molecule has 1 aromatic heterocycles. The third-order valence-corrected chi connectivity index (χ3v) is 2.70. The molecule has 0 amide bonds. The van der Waals surface area contributed by atoms with Gasteiger partial charge in [0.25, 0.3) is 0 Å². The minimum Gasteiger partial charge on any atom is -0.314 e. The zero-order chi connectivity index (χ0) is 9.15. The molecule has 0 aromatic carbocycles. The van der Waals surface area contributed by atoms with Gasteiger partial charge < -0.3 is 5.32 Å². The normalized spacial score (nSPS) is 18.8. The quantitative estimate of drug-likeness (QED) is 0.692. The van der Waals surface area contributed by atoms with E-state index in [4.69, 9.17) is 0 Å². The van der Waals surface area contributed by atoms with Gasteiger partial charge in [-0.2, -0.15) is 5.10 Å². The van der Waals surface area contributed by atoms with Crippen LogP contribution in [0.5, 0.6) is 0 Å². The van der Waals surface area contributed by atoms with Crippen LogP contribution in [0.25, 0.3) is 0 Å². The number of rotatable bonds is 5. The lowest BCUT2D eigenvalue weighted by molar-refractivity contribution is 0.402. The summed E-state index contributed by atoms with van der Waals surface area (Å²) in [6.07, 6.45) is 7.67. The van der Waals surface area contributed by atoms with Crippen LogP contribution in [-0.2, 0) is 5.54 Å². The summed E-state index contributed by atoms with van der Waals surface area (Å²) in [5.41, 5.74) is 0.318. The molecular weight excluding hydrogens is 162 g/mol. The van der Waals surface area contributed by atoms with Crippen molar-refractivity contribution in [3.05, 3.63) is 18.5 Å². The van der Waals surface area contributed by atoms with E-state index in [2.05, 4.69) is 28.2 Å². The SMILES string of the molecule is CCCNCC1(n2cccn2)CC1. The van der Waals surface area contributed by atoms with Crippen molar-refractivity contribution < 1.29 is 0 Å². The molecule has 0 unspecified atom stereocenters. The minimum absolute atomic E-state index is 0.318. The van der Waals surface area contributed by atoms with Crippen LogP contribution >= 0.6 is 0 Å². The fourth-order valence-electron chi connectivity index (χ4n) is 1.68. The molecule has 0 radical (unpaired) electrons. The summed E-state index contributed by atoms with van der Waals surface area (Å²) in [7, 11) is 0. The van der Waals surface area contributed by atoms with Crippen molar-refractivity contribution in [1.29, 1.82) is 0 Å². The fourth-order valence-corrected chi connectivity index (χ4v) is 1.68. The van der Waals surface area contributed by atoms with Crippen LogP contribution in [0.1, 0.15) is 26.2 Å². The molecule has 2 rings (SSSR count). The number of hydrogen-bond acceptors (Lipinski definition) is 2. The van der Waals surface area contributed by atoms with E-state index in [1.54, 1.807) is 0 Å². The maximum absolute atomic E-state index is 4.31. The number of nitrogens with zero attached hydrogens (tertiary/aromatic N) is 2. The van der Waals surface area contributed by atoms with E-state index < -0.39 is 0 Å². The van der Waals surface area contributed by atoms with Gasteiger partial charge in [0.05, 0.1) is 5.54 Å². The molecule has 1 aliphatic carbocycles. The Hall–Kier alpha value is -0.830. The second-order valence-corrected chi connectivity index (χ2v) is 3.85. The van der Waals surface area contributed by atoms with Crippen molar-refractivity contribution in [2.45, 2.75) is 31.7 Å². The van der Waals surface area contributed by atoms with Crippen molar-refractivity contribution in [3.63, 3.8) is 0 Å². The predicted octanol–water partition coefficient (Wildman–Crippen LogP) is 1.37. The van der Waals surface area contributed by atoms with E-state index >= 15 is 0 Å². The zero-order valence-corrected chi connectivity index (χ0v) is 8.16. The highest BCUT2D eigenvalue weighted by Gasteiger charge is 2.44. The molecule has 3 nitrogen and oxygen atoms in total. The average Bonchev–Trinajstić information content (AvgIpc) is 2.74. The van der Waals surface area contributed by atoms with E-state index in [9.17, 15) is 0 Å². The Balaban J connectivity index is 1.90. The zero-order valence-electron chi connectivity index (χ0n) is 8.16. The molecule has 1 fully saturated rings. The van der Waals surface area contributed by atoms with Crippen molar-refractivity contribution in [2.24, 2.45) is 0 Å². The smallest absolute Gasteiger partial charge is 0.0753 e. The average molecular weight is 179 g/mol. The van der Waals surface area contributed by atoms with Gasteiger partial charge in [-0.15, -0.1) is 0 Å². The Morgan fingerprint density at radius 3 is 2.92 bits per heavy atom. The molecule has 72 valence electrons. The van der Waals surface area contributed by atoms with Crippen molar-refractivity contribution >= 4 is 0 Å². The molecule has 13 heavy (non-hydrogen) atoms. The number of aromatic nitrogens is 2. The topological polar surface area (TPSA) is 29.9 Å². The molecule has 0 atom stereocenters. The number of hydrogen-bond donors (Lipinski definition) is 1. The van der Waals surface area contributed by atoms with Gasteiger partial charge in [-0.3, -0.25) is 4.68 Å². The van der Waals surface area contributed by atoms with Gasteiger partial charge in [0.1, 0.15) is 0 Å². The molecule has 0 aliphatic heterocycles. The molecule has 3 heteroatoms. The Morgan fingerprint density at radius 2 is 2.38 bits per heavy atom. The predicted molar refractivity (Wildman–Crippen MR) is 52.6 cm³/mol. The summed E-state index contributed by atoms with van der Waals surface area (Å²) in [5.74, 6) is 0. The Labute approximate surface area is 79.1 Å². The van der Waals surface area contributed by atoms with Gasteiger partial charge in [-0.25, -0.2) is 0 Å². The van der Waals surface area contributed by atoms with Crippen LogP contribution < -0.4 is 5.32 Å². The summed E-state index contributed by atoms with van der Waals surface area (Å²) in [6.45, 7) is 4.38. The summed E-state index contributed by atoms with van der Waals surface area (Å²) < 4.78 is 2.11. The van der Waals surface area contributed by atoms with Crippen LogP contribution in [0.4, 0.5) is 0 Å². The van der Waals surface area contributed by atoms with Gasteiger partial charge in [-0.05, 0) is 31.9 Å². The van der Waals surface area contributed by atoms with Crippen LogP contribution in [0, 0.1) is 0 Å². The van der Waals surface area contributed by atoms with Crippen molar-refractivity contribution in [2.75, 3.05) is 13.1 Å². The van der Waals surface area contributed by atoms with Crippen LogP contribution in [-0.4, -0.2) is 22.9 Å². The summed E-state index contributed by atoms with van der Waals surface area (Å²) in [6, 6.07) is 2.00. The van der Waals surface area contributed by atoms with E-state index in [1.807, 2.05) is 12.3 Å². The Kier molecular flexibility index (Phi) is 2.36. The molecule has 1 saturated carbocycles. The first-order chi connectivity index (χ1) is 6.37. The van der Waals surface area contributed by atoms with Crippen LogP contribution in [0.3, 0.4) is 0 Å². The molecule has 1 aromatic rings. The molecule has 1 heterocycles. The largest absolute Gasteiger partial charge is 0.314 e. The van der Waals surface area contributed by atoms with E-state index in [1.165, 1.54) is 19.3 Å². The minimum atomic E-state index is 0.318. The van der Waals surface area contributed by atoms with Gasteiger partial charge in [-0.1, -0.05) is 6.92 Å². The molecule has 1 aliphatic rings. The van der Waals surface area contributed by atoms with E-state index in [0.717, 1.165) is 13.1 Å². The highest BCUT2D eigenvalue weighted by atomic mass is 15.3. The maximum Gasteiger partial charge on any atom is 0.0753 e. The highest BCUT2D eigenvalue weighted by molar-refractivity contribution is 5.02. The summed E-state index contributed by atoms with van der Waals surface area (Å²) in [5, 5.41) is 7.77. The molecular formula is C10H17N3. The summed E-state index contributed by atoms with van der Waals surface area (Å²) in [4.78, 5) is 0. The van der Waals surface area contributed by atoms with Crippen LogP contribution in [0.2, 0.25) is 0 Å². The second-order valence-electron chi connectivity index (χ2n) is 3.85. The lowest BCUT2D eigenvalue weighted by Crippen LogP contribution is -2.32. The van der Waals surface area contributed by atoms with E-state index in [-0.39, 0.29) is 0 Å². The standard InChI is InChI=1S/C10H17N3/c1-2-6-11-9-10(4-5-10)13-8-3-7-12-13/h3,7-8,11H,2,4-6,9H2,1H3. The molecule has 0 bridgehead atoms. The maximum atomic E-state index is 4.31. The third-order valence-electron chi connectivity index (χ3n) is 2.70. The van der Waals surface area contributed by atoms with Gasteiger partial charge >= 0.3 is 0 Å². The van der Waals surface area contributed by atoms with E-state index in [0.29, 0.717) is 5.54 Å². The molecule has 1 N–H and O–H groups in total. The van der Waals surface area contributed by atoms with Crippen molar-refractivity contribution in [1.82, 2.24) is 15.1 Å². The van der Waals surface area contributed by atoms with Crippen molar-refractivity contribution in [3.8, 4) is 0 Å². The number of nitrogens with one attached hydrogen (secondary N) is 1. The van der Waals surface area contributed by atoms with Gasteiger partial charge in [0, 0.05) is 18.9 Å². The third kappa shape index (κ3) is 1.75. The monoisotopic (exact) mass is 179 g/mol. The molecule has 0 saturated heterocycles. The van der Waals surface area contributed by atoms with Crippen LogP contribution in [0.15, 0.2) is 18.5 Å². The summed E-state index contributed by atoms with van der Waals surface area (Å²) >= 11 is 0. The lowest BCUT2D eigenvalue weighted by Gasteiger charge is -2.16. The lowest BCUT2D eigenvalue weighted by atomic mass is 10.2. The highest BCUT2D eigenvalue weighted by Crippen LogP contribution is 2.42. The Morgan fingerprint density at radius 1 is 1.54 bits per heavy atom. The van der Waals surface area contributed by atoms with Gasteiger partial charge in [0.15, 0.2) is 0 Å². The first-order valence-corrected chi connectivity index (χ1v) is 5.08. The first-order valence-electron chi connectivity index (χ1n) is 5.08. The van der Waals surface area contributed by atoms with Gasteiger partial charge in [0.2, 0.25) is 0 Å². The molecule has 0 spiro atoms. The fraction of sp³-hybridized carbons (Fsp3) is 0.700. The Bertz CT molecular complexity index is 249. The first kappa shape index (κ1) is 8.75. The second kappa shape index (κ2) is 3.50.